The summed E-state index contributed by atoms with van der Waals surface area (Å²) in [7, 11) is 0. The topological polar surface area (TPSA) is 29.9 Å². The summed E-state index contributed by atoms with van der Waals surface area (Å²) in [6, 6.07) is 11.5. The van der Waals surface area contributed by atoms with E-state index in [1.165, 1.54) is 0 Å². The number of hydrogen-bond acceptors (Lipinski definition) is 2. The van der Waals surface area contributed by atoms with E-state index < -0.39 is 0 Å². The lowest BCUT2D eigenvalue weighted by Gasteiger charge is -2.08. The molecule has 0 fully saturated rings. The molecule has 6 heteroatoms. The van der Waals surface area contributed by atoms with Gasteiger partial charge in [-0.1, -0.05) is 33.6 Å². The summed E-state index contributed by atoms with van der Waals surface area (Å²) in [5.74, 6) is 0.783. The van der Waals surface area contributed by atoms with Gasteiger partial charge in [-0.3, -0.25) is 4.57 Å². The molecule has 0 unspecified atom stereocenters. The predicted octanol–water partition coefficient (Wildman–Crippen LogP) is 5.50. The van der Waals surface area contributed by atoms with Gasteiger partial charge in [0.2, 0.25) is 0 Å². The van der Waals surface area contributed by atoms with Crippen LogP contribution in [0.3, 0.4) is 0 Å². The number of aromatic amines is 1. The first-order chi connectivity index (χ1) is 10.1. The van der Waals surface area contributed by atoms with E-state index in [4.69, 9.17) is 28.6 Å². The standard InChI is InChI=1S/C15H12BrClN2OS/c1-2-20-13-5-3-4-11-14(13)18-15(21)19(11)12-8-9(16)6-7-10(12)17/h3-8H,2H2,1H3,(H,18,21). The molecule has 0 atom stereocenters. The smallest absolute Gasteiger partial charge is 0.182 e. The highest BCUT2D eigenvalue weighted by Crippen LogP contribution is 2.31. The van der Waals surface area contributed by atoms with Crippen molar-refractivity contribution >= 4 is 50.8 Å². The minimum atomic E-state index is 0.581. The van der Waals surface area contributed by atoms with Gasteiger partial charge in [-0.25, -0.2) is 0 Å². The quantitative estimate of drug-likeness (QED) is 0.605. The summed E-state index contributed by atoms with van der Waals surface area (Å²) in [6.45, 7) is 2.55. The summed E-state index contributed by atoms with van der Waals surface area (Å²) in [6.07, 6.45) is 0. The summed E-state index contributed by atoms with van der Waals surface area (Å²) in [5, 5.41) is 0.636. The first-order valence-corrected chi connectivity index (χ1v) is 8.01. The number of hydrogen-bond donors (Lipinski definition) is 1. The highest BCUT2D eigenvalue weighted by atomic mass is 79.9. The lowest BCUT2D eigenvalue weighted by Crippen LogP contribution is -1.96. The second-order valence-corrected chi connectivity index (χ2v) is 6.15. The van der Waals surface area contributed by atoms with E-state index in [1.807, 2.05) is 47.9 Å². The molecule has 108 valence electrons. The molecule has 0 amide bonds. The number of para-hydroxylation sites is 1. The van der Waals surface area contributed by atoms with Gasteiger partial charge in [0.05, 0.1) is 22.8 Å². The molecule has 3 aromatic rings. The van der Waals surface area contributed by atoms with Gasteiger partial charge in [0.1, 0.15) is 11.3 Å². The van der Waals surface area contributed by atoms with Crippen LogP contribution in [0, 0.1) is 4.77 Å². The lowest BCUT2D eigenvalue weighted by atomic mass is 10.2. The van der Waals surface area contributed by atoms with E-state index in [9.17, 15) is 0 Å². The molecule has 3 rings (SSSR count). The molecule has 0 radical (unpaired) electrons. The fourth-order valence-electron chi connectivity index (χ4n) is 2.28. The van der Waals surface area contributed by atoms with Crippen molar-refractivity contribution in [2.45, 2.75) is 6.92 Å². The van der Waals surface area contributed by atoms with Crippen LogP contribution < -0.4 is 4.74 Å². The van der Waals surface area contributed by atoms with Gasteiger partial charge in [0, 0.05) is 4.47 Å². The third kappa shape index (κ3) is 2.61. The molecule has 0 saturated carbocycles. The summed E-state index contributed by atoms with van der Waals surface area (Å²) in [5.41, 5.74) is 2.64. The number of benzene rings is 2. The van der Waals surface area contributed by atoms with E-state index >= 15 is 0 Å². The number of ether oxygens (including phenoxy) is 1. The Morgan fingerprint density at radius 2 is 2.14 bits per heavy atom. The minimum Gasteiger partial charge on any atom is -0.492 e. The molecule has 0 aliphatic rings. The van der Waals surface area contributed by atoms with Crippen molar-refractivity contribution in [2.75, 3.05) is 6.61 Å². The van der Waals surface area contributed by atoms with Crippen LogP contribution in [0.1, 0.15) is 6.92 Å². The van der Waals surface area contributed by atoms with Crippen molar-refractivity contribution in [1.29, 1.82) is 0 Å². The van der Waals surface area contributed by atoms with Crippen LogP contribution in [0.5, 0.6) is 5.75 Å². The highest BCUT2D eigenvalue weighted by molar-refractivity contribution is 9.10. The molecule has 0 bridgehead atoms. The van der Waals surface area contributed by atoms with Crippen molar-refractivity contribution < 1.29 is 4.74 Å². The number of imidazole rings is 1. The van der Waals surface area contributed by atoms with Gasteiger partial charge in [0.15, 0.2) is 4.77 Å². The second-order valence-electron chi connectivity index (χ2n) is 4.44. The zero-order valence-electron chi connectivity index (χ0n) is 11.2. The molecule has 0 saturated heterocycles. The van der Waals surface area contributed by atoms with Gasteiger partial charge in [-0.05, 0) is 49.5 Å². The summed E-state index contributed by atoms with van der Waals surface area (Å²) < 4.78 is 9.09. The third-order valence-corrected chi connectivity index (χ3v) is 4.23. The van der Waals surface area contributed by atoms with Crippen molar-refractivity contribution in [3.05, 3.63) is 50.7 Å². The van der Waals surface area contributed by atoms with Crippen LogP contribution in [0.4, 0.5) is 0 Å². The normalized spacial score (nSPS) is 11.0. The zero-order valence-corrected chi connectivity index (χ0v) is 14.3. The molecule has 21 heavy (non-hydrogen) atoms. The predicted molar refractivity (Wildman–Crippen MR) is 92.3 cm³/mol. The Hall–Kier alpha value is -1.30. The third-order valence-electron chi connectivity index (χ3n) is 3.13. The molecule has 0 aliphatic carbocycles. The molecule has 1 aromatic heterocycles. The Kier molecular flexibility index (Phi) is 4.06. The Morgan fingerprint density at radius 3 is 2.90 bits per heavy atom. The van der Waals surface area contributed by atoms with E-state index in [0.717, 1.165) is 26.9 Å². The molecular weight excluding hydrogens is 372 g/mol. The molecule has 0 spiro atoms. The summed E-state index contributed by atoms with van der Waals surface area (Å²) >= 11 is 15.3. The highest BCUT2D eigenvalue weighted by Gasteiger charge is 2.13. The number of halogens is 2. The SMILES string of the molecule is CCOc1cccc2c1[nH]c(=S)n2-c1cc(Br)ccc1Cl. The minimum absolute atomic E-state index is 0.581. The molecule has 0 aliphatic heterocycles. The second kappa shape index (κ2) is 5.83. The van der Waals surface area contributed by atoms with Gasteiger partial charge in [-0.15, -0.1) is 0 Å². The Labute approximate surface area is 140 Å². The first-order valence-electron chi connectivity index (χ1n) is 6.43. The zero-order chi connectivity index (χ0) is 15.0. The Balaban J connectivity index is 2.33. The monoisotopic (exact) mass is 382 g/mol. The number of aromatic nitrogens is 2. The van der Waals surface area contributed by atoms with Gasteiger partial charge < -0.3 is 9.72 Å². The average molecular weight is 384 g/mol. The van der Waals surface area contributed by atoms with Crippen LogP contribution in [0.25, 0.3) is 16.7 Å². The molecule has 1 heterocycles. The Bertz CT molecular complexity index is 872. The molecule has 2 aromatic carbocycles. The van der Waals surface area contributed by atoms with Crippen LogP contribution in [-0.4, -0.2) is 16.2 Å². The van der Waals surface area contributed by atoms with E-state index in [2.05, 4.69) is 20.9 Å². The first kappa shape index (κ1) is 14.6. The number of fused-ring (bicyclic) bond motifs is 1. The molecule has 1 N–H and O–H groups in total. The average Bonchev–Trinajstić information content (AvgIpc) is 2.79. The van der Waals surface area contributed by atoms with Crippen LogP contribution in [-0.2, 0) is 0 Å². The number of rotatable bonds is 3. The fourth-order valence-corrected chi connectivity index (χ4v) is 3.13. The maximum absolute atomic E-state index is 6.33. The fraction of sp³-hybridized carbons (Fsp3) is 0.133. The van der Waals surface area contributed by atoms with E-state index in [-0.39, 0.29) is 0 Å². The van der Waals surface area contributed by atoms with Crippen molar-refractivity contribution in [3.63, 3.8) is 0 Å². The molecule has 3 nitrogen and oxygen atoms in total. The van der Waals surface area contributed by atoms with Crippen LogP contribution >= 0.6 is 39.7 Å². The number of H-pyrrole nitrogens is 1. The van der Waals surface area contributed by atoms with Gasteiger partial charge in [0.25, 0.3) is 0 Å². The number of nitrogens with one attached hydrogen (secondary N) is 1. The summed E-state index contributed by atoms with van der Waals surface area (Å²) in [4.78, 5) is 3.20. The largest absolute Gasteiger partial charge is 0.492 e. The Morgan fingerprint density at radius 1 is 1.33 bits per heavy atom. The van der Waals surface area contributed by atoms with Crippen LogP contribution in [0.15, 0.2) is 40.9 Å². The van der Waals surface area contributed by atoms with Crippen molar-refractivity contribution in [2.24, 2.45) is 0 Å². The van der Waals surface area contributed by atoms with Gasteiger partial charge >= 0.3 is 0 Å². The van der Waals surface area contributed by atoms with Crippen LogP contribution in [0.2, 0.25) is 5.02 Å². The molecular formula is C15H12BrClN2OS. The number of nitrogens with zero attached hydrogens (tertiary/aromatic N) is 1. The maximum atomic E-state index is 6.33. The maximum Gasteiger partial charge on any atom is 0.182 e. The van der Waals surface area contributed by atoms with E-state index in [1.54, 1.807) is 0 Å². The van der Waals surface area contributed by atoms with E-state index in [0.29, 0.717) is 16.4 Å². The lowest BCUT2D eigenvalue weighted by molar-refractivity contribution is 0.343. The van der Waals surface area contributed by atoms with Gasteiger partial charge in [-0.2, -0.15) is 0 Å². The van der Waals surface area contributed by atoms with Crippen molar-refractivity contribution in [1.82, 2.24) is 9.55 Å². The van der Waals surface area contributed by atoms with Crippen molar-refractivity contribution in [3.8, 4) is 11.4 Å².